The number of pyridine rings is 1. The van der Waals surface area contributed by atoms with Crippen molar-refractivity contribution in [2.24, 2.45) is 0 Å². The van der Waals surface area contributed by atoms with Crippen molar-refractivity contribution >= 4 is 11.8 Å². The fourth-order valence-corrected chi connectivity index (χ4v) is 1.23. The molecule has 2 aromatic heterocycles. The number of carboxylic acid groups (broad SMARTS) is 1. The summed E-state index contributed by atoms with van der Waals surface area (Å²) in [4.78, 5) is 15.8. The minimum Gasteiger partial charge on any atom is -0.465 e. The molecule has 0 aliphatic rings. The largest absolute Gasteiger partial charge is 0.465 e. The first-order valence-corrected chi connectivity index (χ1v) is 4.60. The fraction of sp³-hybridized carbons (Fsp3) is 0.100. The lowest BCUT2D eigenvalue weighted by Gasteiger charge is -2.08. The standard InChI is InChI=1S/C10H10N4O2/c1-13(10(15)16)9-6-12-14(7-9)8-3-2-4-11-5-8/h2-7H,1H3,(H,15,16). The van der Waals surface area contributed by atoms with Crippen molar-refractivity contribution in [2.45, 2.75) is 0 Å². The number of nitrogens with zero attached hydrogens (tertiary/aromatic N) is 4. The summed E-state index contributed by atoms with van der Waals surface area (Å²) in [6.45, 7) is 0. The Kier molecular flexibility index (Phi) is 2.55. The Bertz CT molecular complexity index is 495. The van der Waals surface area contributed by atoms with E-state index in [-0.39, 0.29) is 0 Å². The number of amides is 1. The second-order valence-corrected chi connectivity index (χ2v) is 3.20. The minimum absolute atomic E-state index is 0.511. The van der Waals surface area contributed by atoms with Crippen molar-refractivity contribution in [1.82, 2.24) is 14.8 Å². The third-order valence-electron chi connectivity index (χ3n) is 2.15. The zero-order chi connectivity index (χ0) is 11.5. The summed E-state index contributed by atoms with van der Waals surface area (Å²) in [5.41, 5.74) is 1.30. The molecule has 0 radical (unpaired) electrons. The second kappa shape index (κ2) is 4.01. The van der Waals surface area contributed by atoms with Crippen LogP contribution in [-0.4, -0.2) is 33.0 Å². The average molecular weight is 218 g/mol. The summed E-state index contributed by atoms with van der Waals surface area (Å²) in [7, 11) is 1.47. The molecule has 82 valence electrons. The molecule has 6 heteroatoms. The van der Waals surface area contributed by atoms with Crippen molar-refractivity contribution in [1.29, 1.82) is 0 Å². The number of hydrogen-bond donors (Lipinski definition) is 1. The molecule has 6 nitrogen and oxygen atoms in total. The van der Waals surface area contributed by atoms with Crippen LogP contribution in [0.3, 0.4) is 0 Å². The van der Waals surface area contributed by atoms with Crippen molar-refractivity contribution in [3.05, 3.63) is 36.9 Å². The van der Waals surface area contributed by atoms with E-state index in [1.54, 1.807) is 29.3 Å². The molecule has 1 N–H and O–H groups in total. The highest BCUT2D eigenvalue weighted by atomic mass is 16.4. The van der Waals surface area contributed by atoms with E-state index in [1.807, 2.05) is 6.07 Å². The highest BCUT2D eigenvalue weighted by molar-refractivity contribution is 5.84. The Morgan fingerprint density at radius 2 is 2.31 bits per heavy atom. The molecule has 0 fully saturated rings. The molecule has 2 rings (SSSR count). The van der Waals surface area contributed by atoms with Crippen LogP contribution in [0.25, 0.3) is 5.69 Å². The molecule has 0 aliphatic carbocycles. The summed E-state index contributed by atoms with van der Waals surface area (Å²) in [5.74, 6) is 0. The number of rotatable bonds is 2. The quantitative estimate of drug-likeness (QED) is 0.826. The smallest absolute Gasteiger partial charge is 0.411 e. The van der Waals surface area contributed by atoms with E-state index in [4.69, 9.17) is 5.11 Å². The van der Waals surface area contributed by atoms with Crippen molar-refractivity contribution < 1.29 is 9.90 Å². The van der Waals surface area contributed by atoms with Crippen molar-refractivity contribution in [3.8, 4) is 5.69 Å². The summed E-state index contributed by atoms with van der Waals surface area (Å²) in [6.07, 6.45) is 5.41. The van der Waals surface area contributed by atoms with Gasteiger partial charge in [0.25, 0.3) is 0 Å². The zero-order valence-electron chi connectivity index (χ0n) is 8.61. The average Bonchev–Trinajstić information content (AvgIpc) is 2.78. The van der Waals surface area contributed by atoms with Gasteiger partial charge in [0.05, 0.1) is 30.0 Å². The van der Waals surface area contributed by atoms with Gasteiger partial charge in [0.15, 0.2) is 0 Å². The maximum Gasteiger partial charge on any atom is 0.411 e. The van der Waals surface area contributed by atoms with Crippen LogP contribution in [0.4, 0.5) is 10.5 Å². The molecular weight excluding hydrogens is 208 g/mol. The van der Waals surface area contributed by atoms with Crippen molar-refractivity contribution in [3.63, 3.8) is 0 Å². The number of hydrogen-bond acceptors (Lipinski definition) is 3. The maximum atomic E-state index is 10.7. The molecule has 0 atom stereocenters. The Hall–Kier alpha value is -2.37. The minimum atomic E-state index is -1.02. The summed E-state index contributed by atoms with van der Waals surface area (Å²) in [6, 6.07) is 3.63. The Morgan fingerprint density at radius 1 is 1.50 bits per heavy atom. The van der Waals surface area contributed by atoms with Gasteiger partial charge < -0.3 is 5.11 Å². The van der Waals surface area contributed by atoms with Crippen LogP contribution >= 0.6 is 0 Å². The van der Waals surface area contributed by atoms with Crippen molar-refractivity contribution in [2.75, 3.05) is 11.9 Å². The van der Waals surface area contributed by atoms with Crippen LogP contribution in [-0.2, 0) is 0 Å². The van der Waals surface area contributed by atoms with E-state index in [2.05, 4.69) is 10.1 Å². The molecule has 2 heterocycles. The molecule has 16 heavy (non-hydrogen) atoms. The normalized spacial score (nSPS) is 10.1. The van der Waals surface area contributed by atoms with Gasteiger partial charge in [-0.25, -0.2) is 9.48 Å². The van der Waals surface area contributed by atoms with E-state index >= 15 is 0 Å². The summed E-state index contributed by atoms with van der Waals surface area (Å²) in [5, 5.41) is 12.9. The Balaban J connectivity index is 2.30. The molecule has 1 amide bonds. The van der Waals surface area contributed by atoms with Gasteiger partial charge in [-0.2, -0.15) is 5.10 Å². The molecule has 0 saturated heterocycles. The van der Waals surface area contributed by atoms with E-state index in [0.29, 0.717) is 5.69 Å². The van der Waals surface area contributed by atoms with E-state index in [0.717, 1.165) is 10.6 Å². The first kappa shape index (κ1) is 10.2. The van der Waals surface area contributed by atoms with E-state index < -0.39 is 6.09 Å². The predicted octanol–water partition coefficient (Wildman–Crippen LogP) is 1.38. The van der Waals surface area contributed by atoms with Crippen LogP contribution in [0, 0.1) is 0 Å². The van der Waals surface area contributed by atoms with Crippen LogP contribution in [0.15, 0.2) is 36.9 Å². The van der Waals surface area contributed by atoms with E-state index in [1.165, 1.54) is 13.2 Å². The van der Waals surface area contributed by atoms with Gasteiger partial charge in [-0.15, -0.1) is 0 Å². The van der Waals surface area contributed by atoms with Crippen LogP contribution in [0.5, 0.6) is 0 Å². The van der Waals surface area contributed by atoms with Gasteiger partial charge in [-0.05, 0) is 12.1 Å². The highest BCUT2D eigenvalue weighted by Crippen LogP contribution is 2.13. The summed E-state index contributed by atoms with van der Waals surface area (Å²) >= 11 is 0. The lowest BCUT2D eigenvalue weighted by Crippen LogP contribution is -2.23. The topological polar surface area (TPSA) is 71.2 Å². The zero-order valence-corrected chi connectivity index (χ0v) is 8.61. The molecule has 0 spiro atoms. The second-order valence-electron chi connectivity index (χ2n) is 3.20. The predicted molar refractivity (Wildman–Crippen MR) is 57.8 cm³/mol. The number of aromatic nitrogens is 3. The van der Waals surface area contributed by atoms with Crippen LogP contribution < -0.4 is 4.90 Å². The molecule has 0 aliphatic heterocycles. The Morgan fingerprint density at radius 3 is 2.94 bits per heavy atom. The fourth-order valence-electron chi connectivity index (χ4n) is 1.23. The molecule has 2 aromatic rings. The SMILES string of the molecule is CN(C(=O)O)c1cnn(-c2cccnc2)c1. The van der Waals surface area contributed by atoms with Gasteiger partial charge >= 0.3 is 6.09 Å². The maximum absolute atomic E-state index is 10.7. The Labute approximate surface area is 91.8 Å². The molecule has 0 bridgehead atoms. The van der Waals surface area contributed by atoms with Gasteiger partial charge in [-0.1, -0.05) is 0 Å². The van der Waals surface area contributed by atoms with Gasteiger partial charge in [0.1, 0.15) is 0 Å². The highest BCUT2D eigenvalue weighted by Gasteiger charge is 2.10. The van der Waals surface area contributed by atoms with Gasteiger partial charge in [-0.3, -0.25) is 9.88 Å². The van der Waals surface area contributed by atoms with E-state index in [9.17, 15) is 4.79 Å². The molecular formula is C10H10N4O2. The first-order chi connectivity index (χ1) is 7.68. The lowest BCUT2D eigenvalue weighted by atomic mass is 10.4. The van der Waals surface area contributed by atoms with Gasteiger partial charge in [0, 0.05) is 13.2 Å². The molecule has 0 aromatic carbocycles. The molecule has 0 saturated carbocycles. The number of carbonyl (C=O) groups is 1. The summed E-state index contributed by atoms with van der Waals surface area (Å²) < 4.78 is 1.57. The van der Waals surface area contributed by atoms with Crippen LogP contribution in [0.1, 0.15) is 0 Å². The molecule has 0 unspecified atom stereocenters. The number of anilines is 1. The first-order valence-electron chi connectivity index (χ1n) is 4.60. The monoisotopic (exact) mass is 218 g/mol. The van der Waals surface area contributed by atoms with Crippen LogP contribution in [0.2, 0.25) is 0 Å². The third kappa shape index (κ3) is 1.85. The third-order valence-corrected chi connectivity index (χ3v) is 2.15. The lowest BCUT2D eigenvalue weighted by molar-refractivity contribution is 0.203. The van der Waals surface area contributed by atoms with Gasteiger partial charge in [0.2, 0.25) is 0 Å².